The highest BCUT2D eigenvalue weighted by Gasteiger charge is 2.20. The van der Waals surface area contributed by atoms with E-state index in [4.69, 9.17) is 0 Å². The van der Waals surface area contributed by atoms with Gasteiger partial charge in [0.1, 0.15) is 5.69 Å². The van der Waals surface area contributed by atoms with Crippen molar-refractivity contribution in [3.8, 4) is 0 Å². The summed E-state index contributed by atoms with van der Waals surface area (Å²) in [5.41, 5.74) is 1.89. The number of carbonyl (C=O) groups is 1. The molecule has 0 amide bonds. The minimum absolute atomic E-state index is 0.592. The van der Waals surface area contributed by atoms with Gasteiger partial charge in [-0.1, -0.05) is 56.0 Å². The smallest absolute Gasteiger partial charge is 0.186 e. The number of aryl methyl sites for hydroxylation is 1. The lowest BCUT2D eigenvalue weighted by Crippen LogP contribution is -2.29. The average molecular weight is 343 g/mol. The second-order valence-corrected chi connectivity index (χ2v) is 7.96. The standard InChI is InChI=1S/C20H26N2OS/c1-16-19(15-23)21-20(24-16)22(14-18-11-7-4-8-12-18)13-17-9-5-2-3-6-10-17/h4,7-8,11-12,15,17H,2-3,5-6,9-10,13-14H2,1H3. The molecular formula is C20H26N2OS. The lowest BCUT2D eigenvalue weighted by molar-refractivity contribution is 0.111. The maximum Gasteiger partial charge on any atom is 0.186 e. The van der Waals surface area contributed by atoms with E-state index < -0.39 is 0 Å². The van der Waals surface area contributed by atoms with Crippen molar-refractivity contribution in [2.75, 3.05) is 11.4 Å². The van der Waals surface area contributed by atoms with Crippen LogP contribution in [0.4, 0.5) is 5.13 Å². The second-order valence-electron chi connectivity index (χ2n) is 6.78. The van der Waals surface area contributed by atoms with Crippen molar-refractivity contribution in [3.05, 3.63) is 46.5 Å². The zero-order chi connectivity index (χ0) is 16.8. The highest BCUT2D eigenvalue weighted by molar-refractivity contribution is 7.15. The Balaban J connectivity index is 1.80. The van der Waals surface area contributed by atoms with Crippen molar-refractivity contribution in [2.45, 2.75) is 52.0 Å². The Morgan fingerprint density at radius 2 is 1.88 bits per heavy atom. The molecule has 0 radical (unpaired) electrons. The maximum absolute atomic E-state index is 11.2. The van der Waals surface area contributed by atoms with Crippen molar-refractivity contribution in [1.82, 2.24) is 4.98 Å². The Hall–Kier alpha value is -1.68. The first-order valence-corrected chi connectivity index (χ1v) is 9.79. The van der Waals surface area contributed by atoms with Gasteiger partial charge >= 0.3 is 0 Å². The number of thiazole rings is 1. The molecule has 2 aromatic rings. The first-order valence-electron chi connectivity index (χ1n) is 8.97. The summed E-state index contributed by atoms with van der Waals surface area (Å²) in [6.07, 6.45) is 8.95. The summed E-state index contributed by atoms with van der Waals surface area (Å²) in [5.74, 6) is 0.736. The molecule has 0 saturated heterocycles. The predicted octanol–water partition coefficient (Wildman–Crippen LogP) is 5.24. The van der Waals surface area contributed by atoms with Gasteiger partial charge in [0.2, 0.25) is 0 Å². The average Bonchev–Trinajstić information content (AvgIpc) is 2.80. The van der Waals surface area contributed by atoms with E-state index in [0.29, 0.717) is 5.69 Å². The molecule has 0 aliphatic heterocycles. The normalized spacial score (nSPS) is 15.9. The molecule has 0 unspecified atom stereocenters. The van der Waals surface area contributed by atoms with Crippen molar-refractivity contribution in [3.63, 3.8) is 0 Å². The Morgan fingerprint density at radius 3 is 2.50 bits per heavy atom. The Kier molecular flexibility index (Phi) is 6.02. The molecule has 1 saturated carbocycles. The number of rotatable bonds is 6. The fraction of sp³-hybridized carbons (Fsp3) is 0.500. The van der Waals surface area contributed by atoms with Crippen molar-refractivity contribution in [2.24, 2.45) is 5.92 Å². The molecule has 1 aliphatic rings. The molecule has 0 atom stereocenters. The van der Waals surface area contributed by atoms with Crippen LogP contribution in [0.15, 0.2) is 30.3 Å². The number of hydrogen-bond donors (Lipinski definition) is 0. The van der Waals surface area contributed by atoms with E-state index >= 15 is 0 Å². The molecule has 1 heterocycles. The number of anilines is 1. The van der Waals surface area contributed by atoms with Gasteiger partial charge in [0.15, 0.2) is 11.4 Å². The number of benzene rings is 1. The minimum Gasteiger partial charge on any atom is -0.343 e. The predicted molar refractivity (Wildman–Crippen MR) is 101 cm³/mol. The minimum atomic E-state index is 0.592. The zero-order valence-electron chi connectivity index (χ0n) is 14.4. The Morgan fingerprint density at radius 1 is 1.17 bits per heavy atom. The quantitative estimate of drug-likeness (QED) is 0.531. The first kappa shape index (κ1) is 17.2. The summed E-state index contributed by atoms with van der Waals surface area (Å²) in [7, 11) is 0. The molecule has 24 heavy (non-hydrogen) atoms. The van der Waals surface area contributed by atoms with Crippen LogP contribution in [0.1, 0.15) is 59.5 Å². The van der Waals surface area contributed by atoms with Gasteiger partial charge in [-0.15, -0.1) is 11.3 Å². The second kappa shape index (κ2) is 8.43. The highest BCUT2D eigenvalue weighted by Crippen LogP contribution is 2.30. The third kappa shape index (κ3) is 4.44. The van der Waals surface area contributed by atoms with Crippen LogP contribution < -0.4 is 4.90 Å². The largest absolute Gasteiger partial charge is 0.343 e. The van der Waals surface area contributed by atoms with Crippen LogP contribution in [0.25, 0.3) is 0 Å². The molecule has 1 aromatic carbocycles. The fourth-order valence-electron chi connectivity index (χ4n) is 3.51. The molecule has 0 spiro atoms. The zero-order valence-corrected chi connectivity index (χ0v) is 15.2. The highest BCUT2D eigenvalue weighted by atomic mass is 32.1. The molecule has 128 valence electrons. The van der Waals surface area contributed by atoms with Gasteiger partial charge in [0.05, 0.1) is 0 Å². The third-order valence-corrected chi connectivity index (χ3v) is 5.92. The van der Waals surface area contributed by atoms with E-state index in [9.17, 15) is 4.79 Å². The Bertz CT molecular complexity index is 645. The van der Waals surface area contributed by atoms with E-state index in [-0.39, 0.29) is 0 Å². The molecule has 1 aliphatic carbocycles. The number of nitrogens with zero attached hydrogens (tertiary/aromatic N) is 2. The monoisotopic (exact) mass is 342 g/mol. The fourth-order valence-corrected chi connectivity index (χ4v) is 4.40. The van der Waals surface area contributed by atoms with E-state index in [0.717, 1.165) is 35.3 Å². The van der Waals surface area contributed by atoms with Crippen LogP contribution in [0.3, 0.4) is 0 Å². The first-order chi connectivity index (χ1) is 11.8. The van der Waals surface area contributed by atoms with Crippen molar-refractivity contribution >= 4 is 22.8 Å². The molecule has 4 heteroatoms. The summed E-state index contributed by atoms with van der Waals surface area (Å²) in [4.78, 5) is 19.2. The third-order valence-electron chi connectivity index (χ3n) is 4.87. The van der Waals surface area contributed by atoms with Gasteiger partial charge in [-0.25, -0.2) is 4.98 Å². The Labute approximate surface area is 148 Å². The van der Waals surface area contributed by atoms with E-state index in [1.54, 1.807) is 11.3 Å². The van der Waals surface area contributed by atoms with Gasteiger partial charge in [-0.3, -0.25) is 4.79 Å². The van der Waals surface area contributed by atoms with Gasteiger partial charge in [0.25, 0.3) is 0 Å². The number of aldehydes is 1. The summed E-state index contributed by atoms with van der Waals surface area (Å²) in [5, 5.41) is 0.989. The van der Waals surface area contributed by atoms with Gasteiger partial charge in [-0.2, -0.15) is 0 Å². The molecule has 1 aromatic heterocycles. The van der Waals surface area contributed by atoms with Gasteiger partial charge in [-0.05, 0) is 31.2 Å². The van der Waals surface area contributed by atoms with Crippen LogP contribution in [0, 0.1) is 12.8 Å². The maximum atomic E-state index is 11.2. The summed E-state index contributed by atoms with van der Waals surface area (Å²) in [6, 6.07) is 10.6. The van der Waals surface area contributed by atoms with Crippen LogP contribution in [0.2, 0.25) is 0 Å². The van der Waals surface area contributed by atoms with E-state index in [2.05, 4.69) is 40.2 Å². The van der Waals surface area contributed by atoms with Crippen molar-refractivity contribution in [1.29, 1.82) is 0 Å². The van der Waals surface area contributed by atoms with Gasteiger partial charge in [0, 0.05) is 18.0 Å². The van der Waals surface area contributed by atoms with Crippen LogP contribution >= 0.6 is 11.3 Å². The SMILES string of the molecule is Cc1sc(N(Cc2ccccc2)CC2CCCCCC2)nc1C=O. The van der Waals surface area contributed by atoms with E-state index in [1.807, 2.05) is 6.92 Å². The molecule has 1 fully saturated rings. The van der Waals surface area contributed by atoms with E-state index in [1.165, 1.54) is 44.1 Å². The number of aromatic nitrogens is 1. The number of carbonyl (C=O) groups excluding carboxylic acids is 1. The molecular weight excluding hydrogens is 316 g/mol. The van der Waals surface area contributed by atoms with Crippen LogP contribution in [-0.2, 0) is 6.54 Å². The molecule has 0 N–H and O–H groups in total. The molecule has 3 nitrogen and oxygen atoms in total. The summed E-state index contributed by atoms with van der Waals surface area (Å²) >= 11 is 1.64. The van der Waals surface area contributed by atoms with Crippen LogP contribution in [0.5, 0.6) is 0 Å². The summed E-state index contributed by atoms with van der Waals surface area (Å²) in [6.45, 7) is 3.89. The molecule has 0 bridgehead atoms. The summed E-state index contributed by atoms with van der Waals surface area (Å²) < 4.78 is 0. The topological polar surface area (TPSA) is 33.2 Å². The van der Waals surface area contributed by atoms with Crippen molar-refractivity contribution < 1.29 is 4.79 Å². The molecule has 3 rings (SSSR count). The number of hydrogen-bond acceptors (Lipinski definition) is 4. The van der Waals surface area contributed by atoms with Crippen LogP contribution in [-0.4, -0.2) is 17.8 Å². The lowest BCUT2D eigenvalue weighted by atomic mass is 9.99. The van der Waals surface area contributed by atoms with Gasteiger partial charge < -0.3 is 4.90 Å². The lowest BCUT2D eigenvalue weighted by Gasteiger charge is -2.27.